The van der Waals surface area contributed by atoms with Gasteiger partial charge >= 0.3 is 0 Å². The van der Waals surface area contributed by atoms with Gasteiger partial charge in [-0.1, -0.05) is 47.5 Å². The van der Waals surface area contributed by atoms with Crippen LogP contribution in [0.2, 0.25) is 10.0 Å². The van der Waals surface area contributed by atoms with E-state index in [9.17, 15) is 9.59 Å². The van der Waals surface area contributed by atoms with Gasteiger partial charge in [-0.2, -0.15) is 0 Å². The highest BCUT2D eigenvalue weighted by Gasteiger charge is 2.27. The van der Waals surface area contributed by atoms with Crippen LogP contribution in [0.5, 0.6) is 0 Å². The first-order valence-electron chi connectivity index (χ1n) is 9.16. The highest BCUT2D eigenvalue weighted by Crippen LogP contribution is 2.25. The zero-order valence-electron chi connectivity index (χ0n) is 15.9. The molecule has 2 aromatic rings. The minimum atomic E-state index is -0.398. The fourth-order valence-electron chi connectivity index (χ4n) is 3.27. The number of nitrogens with zero attached hydrogens (tertiary/aromatic N) is 2. The van der Waals surface area contributed by atoms with Gasteiger partial charge in [0.25, 0.3) is 0 Å². The number of benzene rings is 2. The minimum Gasteiger partial charge on any atom is -0.337 e. The summed E-state index contributed by atoms with van der Waals surface area (Å²) in [6.45, 7) is 3.24. The quantitative estimate of drug-likeness (QED) is 0.800. The number of rotatable bonds is 5. The van der Waals surface area contributed by atoms with Gasteiger partial charge in [0, 0.05) is 18.8 Å². The molecule has 2 amide bonds. The number of carbonyl (C=O) groups is 2. The van der Waals surface area contributed by atoms with Gasteiger partial charge in [0.15, 0.2) is 0 Å². The second-order valence-corrected chi connectivity index (χ2v) is 7.86. The second-order valence-electron chi connectivity index (χ2n) is 7.05. The highest BCUT2D eigenvalue weighted by atomic mass is 35.5. The van der Waals surface area contributed by atoms with Crippen molar-refractivity contribution in [2.24, 2.45) is 0 Å². The third kappa shape index (κ3) is 4.85. The number of amides is 2. The molecular formula is C21H23Cl2N3O2. The van der Waals surface area contributed by atoms with E-state index in [4.69, 9.17) is 23.2 Å². The van der Waals surface area contributed by atoms with E-state index in [2.05, 4.69) is 17.4 Å². The number of fused-ring (bicyclic) bond motifs is 1. The fourth-order valence-corrected chi connectivity index (χ4v) is 3.57. The van der Waals surface area contributed by atoms with Crippen molar-refractivity contribution in [3.63, 3.8) is 0 Å². The average molecular weight is 420 g/mol. The van der Waals surface area contributed by atoms with Gasteiger partial charge in [0.2, 0.25) is 11.8 Å². The summed E-state index contributed by atoms with van der Waals surface area (Å²) in [5.41, 5.74) is 3.06. The summed E-state index contributed by atoms with van der Waals surface area (Å²) in [7, 11) is 1.77. The molecule has 5 nitrogen and oxygen atoms in total. The van der Waals surface area contributed by atoms with Crippen LogP contribution in [0.25, 0.3) is 0 Å². The number of hydrogen-bond donors (Lipinski definition) is 1. The Morgan fingerprint density at radius 2 is 1.86 bits per heavy atom. The largest absolute Gasteiger partial charge is 0.337 e. The summed E-state index contributed by atoms with van der Waals surface area (Å²) in [5.74, 6) is -0.191. The monoisotopic (exact) mass is 419 g/mol. The molecule has 0 fully saturated rings. The molecule has 0 bridgehead atoms. The van der Waals surface area contributed by atoms with Gasteiger partial charge in [0.05, 0.1) is 22.6 Å². The minimum absolute atomic E-state index is 0.0272. The van der Waals surface area contributed by atoms with Crippen LogP contribution in [0, 0.1) is 0 Å². The lowest BCUT2D eigenvalue weighted by Gasteiger charge is -2.33. The third-order valence-corrected chi connectivity index (χ3v) is 5.80. The predicted molar refractivity (Wildman–Crippen MR) is 113 cm³/mol. The molecule has 1 atom stereocenters. The smallest absolute Gasteiger partial charge is 0.239 e. The molecule has 1 N–H and O–H groups in total. The molecule has 0 saturated heterocycles. The lowest BCUT2D eigenvalue weighted by molar-refractivity contribution is -0.137. The zero-order valence-corrected chi connectivity index (χ0v) is 17.4. The molecule has 0 saturated carbocycles. The lowest BCUT2D eigenvalue weighted by atomic mass is 9.99. The molecule has 0 unspecified atom stereocenters. The van der Waals surface area contributed by atoms with Crippen molar-refractivity contribution in [1.82, 2.24) is 9.80 Å². The van der Waals surface area contributed by atoms with Crippen LogP contribution < -0.4 is 5.32 Å². The molecule has 2 aromatic carbocycles. The van der Waals surface area contributed by atoms with Gasteiger partial charge in [-0.15, -0.1) is 0 Å². The van der Waals surface area contributed by atoms with Crippen LogP contribution in [0.1, 0.15) is 18.1 Å². The summed E-state index contributed by atoms with van der Waals surface area (Å²) >= 11 is 11.9. The Bertz CT molecular complexity index is 888. The topological polar surface area (TPSA) is 52.7 Å². The standard InChI is InChI=1S/C21H23Cl2N3O2/c1-14(21(28)26-10-9-15-5-3-4-6-16(15)12-26)25(2)13-20(27)24-17-7-8-18(22)19(23)11-17/h3-8,11,14H,9-10,12-13H2,1-2H3,(H,24,27)/t14-/m1/s1. The molecule has 0 aliphatic carbocycles. The third-order valence-electron chi connectivity index (χ3n) is 5.06. The number of nitrogens with one attached hydrogen (secondary N) is 1. The summed E-state index contributed by atoms with van der Waals surface area (Å²) < 4.78 is 0. The summed E-state index contributed by atoms with van der Waals surface area (Å²) in [6, 6.07) is 12.7. The van der Waals surface area contributed by atoms with E-state index in [1.165, 1.54) is 11.1 Å². The van der Waals surface area contributed by atoms with Crippen molar-refractivity contribution in [1.29, 1.82) is 0 Å². The van der Waals surface area contributed by atoms with Crippen LogP contribution >= 0.6 is 23.2 Å². The Morgan fingerprint density at radius 3 is 2.57 bits per heavy atom. The predicted octanol–water partition coefficient (Wildman–Crippen LogP) is 3.84. The number of halogens is 2. The summed E-state index contributed by atoms with van der Waals surface area (Å²) in [6.07, 6.45) is 0.857. The molecule has 0 aromatic heterocycles. The maximum atomic E-state index is 12.9. The van der Waals surface area contributed by atoms with Crippen LogP contribution in [0.3, 0.4) is 0 Å². The second kappa shape index (κ2) is 8.95. The molecule has 148 valence electrons. The first kappa shape index (κ1) is 20.6. The van der Waals surface area contributed by atoms with Crippen LogP contribution in [-0.4, -0.2) is 47.8 Å². The molecule has 1 heterocycles. The van der Waals surface area contributed by atoms with E-state index in [0.29, 0.717) is 28.8 Å². The summed E-state index contributed by atoms with van der Waals surface area (Å²) in [5, 5.41) is 3.58. The number of anilines is 1. The van der Waals surface area contributed by atoms with Gasteiger partial charge < -0.3 is 10.2 Å². The maximum absolute atomic E-state index is 12.9. The van der Waals surface area contributed by atoms with Gasteiger partial charge in [0.1, 0.15) is 0 Å². The van der Waals surface area contributed by atoms with Crippen molar-refractivity contribution in [3.8, 4) is 0 Å². The molecular weight excluding hydrogens is 397 g/mol. The maximum Gasteiger partial charge on any atom is 0.239 e. The molecule has 3 rings (SSSR count). The number of hydrogen-bond acceptors (Lipinski definition) is 3. The van der Waals surface area contributed by atoms with Crippen LogP contribution in [-0.2, 0) is 22.6 Å². The first-order valence-corrected chi connectivity index (χ1v) is 9.91. The van der Waals surface area contributed by atoms with E-state index < -0.39 is 6.04 Å². The van der Waals surface area contributed by atoms with Crippen molar-refractivity contribution >= 4 is 40.7 Å². The van der Waals surface area contributed by atoms with E-state index in [1.807, 2.05) is 24.0 Å². The Morgan fingerprint density at radius 1 is 1.14 bits per heavy atom. The first-order chi connectivity index (χ1) is 13.3. The number of carbonyl (C=O) groups excluding carboxylic acids is 2. The Balaban J connectivity index is 1.56. The SMILES string of the molecule is C[C@H](C(=O)N1CCc2ccccc2C1)N(C)CC(=O)Nc1ccc(Cl)c(Cl)c1. The average Bonchev–Trinajstić information content (AvgIpc) is 2.69. The van der Waals surface area contributed by atoms with Crippen LogP contribution in [0.15, 0.2) is 42.5 Å². The molecule has 0 spiro atoms. The van der Waals surface area contributed by atoms with Gasteiger partial charge in [-0.25, -0.2) is 0 Å². The zero-order chi connectivity index (χ0) is 20.3. The van der Waals surface area contributed by atoms with Crippen molar-refractivity contribution < 1.29 is 9.59 Å². The van der Waals surface area contributed by atoms with Gasteiger partial charge in [-0.05, 0) is 49.7 Å². The molecule has 28 heavy (non-hydrogen) atoms. The molecule has 7 heteroatoms. The lowest BCUT2D eigenvalue weighted by Crippen LogP contribution is -2.49. The Kier molecular flexibility index (Phi) is 6.60. The van der Waals surface area contributed by atoms with E-state index >= 15 is 0 Å². The van der Waals surface area contributed by atoms with Crippen LogP contribution in [0.4, 0.5) is 5.69 Å². The summed E-state index contributed by atoms with van der Waals surface area (Å²) in [4.78, 5) is 28.8. The fraction of sp³-hybridized carbons (Fsp3) is 0.333. The number of likely N-dealkylation sites (N-methyl/N-ethyl adjacent to an activating group) is 1. The normalized spacial score (nSPS) is 14.5. The van der Waals surface area contributed by atoms with E-state index in [1.54, 1.807) is 30.1 Å². The molecule has 1 aliphatic rings. The van der Waals surface area contributed by atoms with E-state index in [0.717, 1.165) is 6.42 Å². The Labute approximate surface area is 175 Å². The van der Waals surface area contributed by atoms with Gasteiger partial charge in [-0.3, -0.25) is 14.5 Å². The Hall–Kier alpha value is -2.08. The van der Waals surface area contributed by atoms with Crippen molar-refractivity contribution in [2.45, 2.75) is 25.9 Å². The molecule has 0 radical (unpaired) electrons. The highest BCUT2D eigenvalue weighted by molar-refractivity contribution is 6.42. The van der Waals surface area contributed by atoms with Crippen molar-refractivity contribution in [3.05, 3.63) is 63.6 Å². The van der Waals surface area contributed by atoms with E-state index in [-0.39, 0.29) is 18.4 Å². The van der Waals surface area contributed by atoms with Crippen molar-refractivity contribution in [2.75, 3.05) is 25.5 Å². The molecule has 1 aliphatic heterocycles.